The lowest BCUT2D eigenvalue weighted by molar-refractivity contribution is 0.661. The minimum Gasteiger partial charge on any atom is -0.248 e. The molecule has 4 nitrogen and oxygen atoms in total. The molecule has 0 fully saturated rings. The predicted octanol–water partition coefficient (Wildman–Crippen LogP) is 12.7. The largest absolute Gasteiger partial charge is 0.248 e. The SMILES string of the molecule is CC1(C)c2ccccc2-c2cc3c(-c4ccc(-c5nc(-c6ccccc6)nc(-c6ccccc6)n5)cc4)cc(-c4ccccc4-c4ccccc4)nc3cc21. The van der Waals surface area contributed by atoms with Crippen molar-refractivity contribution in [3.63, 3.8) is 0 Å². The summed E-state index contributed by atoms with van der Waals surface area (Å²) in [5.41, 5.74) is 15.5. The number of fused-ring (bicyclic) bond motifs is 4. The van der Waals surface area contributed by atoms with Crippen LogP contribution in [-0.4, -0.2) is 19.9 Å². The zero-order valence-electron chi connectivity index (χ0n) is 30.6. The first-order chi connectivity index (χ1) is 27.0. The maximum Gasteiger partial charge on any atom is 0.164 e. The average molecular weight is 705 g/mol. The molecule has 10 rings (SSSR count). The van der Waals surface area contributed by atoms with Crippen molar-refractivity contribution in [2.24, 2.45) is 0 Å². The van der Waals surface area contributed by atoms with Crippen molar-refractivity contribution in [1.29, 1.82) is 0 Å². The number of aromatic nitrogens is 4. The molecule has 2 aromatic heterocycles. The Bertz CT molecular complexity index is 2810. The molecule has 7 aromatic carbocycles. The standard InChI is InChI=1S/C51H36N4/c1-51(2)44-25-15-14-23-39(44)42-30-43-41(31-46(52-47(43)32-45(42)51)40-24-13-12-22-38(40)33-16-6-3-7-17-33)34-26-28-37(29-27-34)50-54-48(35-18-8-4-9-19-35)53-49(55-50)36-20-10-5-11-21-36/h3-32H,1-2H3. The van der Waals surface area contributed by atoms with Crippen molar-refractivity contribution in [1.82, 2.24) is 19.9 Å². The molecule has 4 heteroatoms. The van der Waals surface area contributed by atoms with E-state index < -0.39 is 0 Å². The third-order valence-electron chi connectivity index (χ3n) is 11.0. The van der Waals surface area contributed by atoms with Gasteiger partial charge in [-0.3, -0.25) is 0 Å². The Kier molecular flexibility index (Phi) is 7.77. The summed E-state index contributed by atoms with van der Waals surface area (Å²) in [6.07, 6.45) is 0. The number of hydrogen-bond acceptors (Lipinski definition) is 4. The maximum atomic E-state index is 5.44. The first kappa shape index (κ1) is 32.6. The molecule has 1 aliphatic carbocycles. The van der Waals surface area contributed by atoms with Gasteiger partial charge in [0, 0.05) is 33.1 Å². The van der Waals surface area contributed by atoms with Gasteiger partial charge in [-0.15, -0.1) is 0 Å². The summed E-state index contributed by atoms with van der Waals surface area (Å²) in [5, 5.41) is 1.12. The van der Waals surface area contributed by atoms with Crippen molar-refractivity contribution >= 4 is 10.9 Å². The number of pyridine rings is 1. The summed E-state index contributed by atoms with van der Waals surface area (Å²) in [6, 6.07) is 63.8. The van der Waals surface area contributed by atoms with Gasteiger partial charge >= 0.3 is 0 Å². The van der Waals surface area contributed by atoms with Crippen molar-refractivity contribution < 1.29 is 0 Å². The molecule has 0 atom stereocenters. The van der Waals surface area contributed by atoms with E-state index in [1.165, 1.54) is 27.8 Å². The maximum absolute atomic E-state index is 5.44. The van der Waals surface area contributed by atoms with Crippen molar-refractivity contribution in [2.75, 3.05) is 0 Å². The van der Waals surface area contributed by atoms with E-state index in [0.717, 1.165) is 55.5 Å². The lowest BCUT2D eigenvalue weighted by Gasteiger charge is -2.22. The molecule has 0 spiro atoms. The second-order valence-corrected chi connectivity index (χ2v) is 14.7. The first-order valence-corrected chi connectivity index (χ1v) is 18.7. The van der Waals surface area contributed by atoms with Crippen LogP contribution in [0.15, 0.2) is 182 Å². The van der Waals surface area contributed by atoms with E-state index in [9.17, 15) is 0 Å². The Balaban J connectivity index is 1.16. The van der Waals surface area contributed by atoms with Crippen LogP contribution in [0.2, 0.25) is 0 Å². The van der Waals surface area contributed by atoms with Gasteiger partial charge in [0.1, 0.15) is 0 Å². The second kappa shape index (κ2) is 13.1. The predicted molar refractivity (Wildman–Crippen MR) is 225 cm³/mol. The highest BCUT2D eigenvalue weighted by Crippen LogP contribution is 2.50. The Morgan fingerprint density at radius 1 is 0.327 bits per heavy atom. The summed E-state index contributed by atoms with van der Waals surface area (Å²) in [7, 11) is 0. The van der Waals surface area contributed by atoms with Crippen LogP contribution in [0.5, 0.6) is 0 Å². The summed E-state index contributed by atoms with van der Waals surface area (Å²) in [6.45, 7) is 4.65. The van der Waals surface area contributed by atoms with Gasteiger partial charge in [0.25, 0.3) is 0 Å². The molecule has 1 aliphatic rings. The summed E-state index contributed by atoms with van der Waals surface area (Å²) >= 11 is 0. The zero-order valence-corrected chi connectivity index (χ0v) is 30.6. The molecule has 0 N–H and O–H groups in total. The quantitative estimate of drug-likeness (QED) is 0.173. The minimum atomic E-state index is -0.136. The number of hydrogen-bond donors (Lipinski definition) is 0. The molecule has 0 saturated heterocycles. The topological polar surface area (TPSA) is 51.6 Å². The fourth-order valence-electron chi connectivity index (χ4n) is 8.11. The summed E-state index contributed by atoms with van der Waals surface area (Å²) in [5.74, 6) is 1.92. The van der Waals surface area contributed by atoms with Crippen LogP contribution in [0.3, 0.4) is 0 Å². The van der Waals surface area contributed by atoms with Gasteiger partial charge in [-0.25, -0.2) is 19.9 Å². The van der Waals surface area contributed by atoms with E-state index in [1.54, 1.807) is 0 Å². The smallest absolute Gasteiger partial charge is 0.164 e. The van der Waals surface area contributed by atoms with Crippen LogP contribution in [0.25, 0.3) is 89.7 Å². The second-order valence-electron chi connectivity index (χ2n) is 14.7. The molecule has 0 amide bonds. The van der Waals surface area contributed by atoms with Gasteiger partial charge in [0.2, 0.25) is 0 Å². The van der Waals surface area contributed by atoms with E-state index in [-0.39, 0.29) is 5.41 Å². The highest BCUT2D eigenvalue weighted by Gasteiger charge is 2.36. The van der Waals surface area contributed by atoms with E-state index in [2.05, 4.69) is 135 Å². The Labute approximate surface area is 320 Å². The summed E-state index contributed by atoms with van der Waals surface area (Å²) < 4.78 is 0. The Morgan fingerprint density at radius 2 is 0.782 bits per heavy atom. The van der Waals surface area contributed by atoms with Gasteiger partial charge in [-0.05, 0) is 62.7 Å². The molecule has 260 valence electrons. The lowest BCUT2D eigenvalue weighted by Crippen LogP contribution is -2.14. The van der Waals surface area contributed by atoms with Crippen molar-refractivity contribution in [3.05, 3.63) is 193 Å². The van der Waals surface area contributed by atoms with Gasteiger partial charge in [0.15, 0.2) is 17.5 Å². The van der Waals surface area contributed by atoms with Crippen LogP contribution in [0.1, 0.15) is 25.0 Å². The zero-order chi connectivity index (χ0) is 36.9. The molecule has 0 radical (unpaired) electrons. The number of rotatable bonds is 6. The van der Waals surface area contributed by atoms with E-state index in [1.807, 2.05) is 60.7 Å². The Morgan fingerprint density at radius 3 is 1.38 bits per heavy atom. The fraction of sp³-hybridized carbons (Fsp3) is 0.0588. The molecule has 0 bridgehead atoms. The van der Waals surface area contributed by atoms with Crippen molar-refractivity contribution in [2.45, 2.75) is 19.3 Å². The van der Waals surface area contributed by atoms with E-state index in [4.69, 9.17) is 19.9 Å². The summed E-state index contributed by atoms with van der Waals surface area (Å²) in [4.78, 5) is 20.3. The van der Waals surface area contributed by atoms with Crippen LogP contribution >= 0.6 is 0 Å². The number of nitrogens with zero attached hydrogens (tertiary/aromatic N) is 4. The third kappa shape index (κ3) is 5.71. The van der Waals surface area contributed by atoms with Crippen LogP contribution in [-0.2, 0) is 5.41 Å². The van der Waals surface area contributed by atoms with Gasteiger partial charge in [-0.1, -0.05) is 178 Å². The lowest BCUT2D eigenvalue weighted by atomic mass is 9.82. The third-order valence-corrected chi connectivity index (χ3v) is 11.0. The van der Waals surface area contributed by atoms with Crippen LogP contribution in [0.4, 0.5) is 0 Å². The minimum absolute atomic E-state index is 0.136. The highest BCUT2D eigenvalue weighted by molar-refractivity contribution is 6.02. The monoisotopic (exact) mass is 704 g/mol. The normalized spacial score (nSPS) is 12.7. The van der Waals surface area contributed by atoms with Crippen molar-refractivity contribution in [3.8, 4) is 78.8 Å². The molecule has 55 heavy (non-hydrogen) atoms. The Hall–Kier alpha value is -7.04. The molecule has 0 saturated carbocycles. The highest BCUT2D eigenvalue weighted by atomic mass is 15.0. The molecule has 9 aromatic rings. The molecular formula is C51H36N4. The fourth-order valence-corrected chi connectivity index (χ4v) is 8.11. The van der Waals surface area contributed by atoms with Gasteiger partial charge < -0.3 is 0 Å². The van der Waals surface area contributed by atoms with Crippen LogP contribution < -0.4 is 0 Å². The molecule has 2 heterocycles. The van der Waals surface area contributed by atoms with E-state index in [0.29, 0.717) is 17.5 Å². The first-order valence-electron chi connectivity index (χ1n) is 18.7. The van der Waals surface area contributed by atoms with Gasteiger partial charge in [0.05, 0.1) is 11.2 Å². The average Bonchev–Trinajstić information content (AvgIpc) is 3.48. The molecular weight excluding hydrogens is 669 g/mol. The van der Waals surface area contributed by atoms with Gasteiger partial charge in [-0.2, -0.15) is 0 Å². The molecule has 0 aliphatic heterocycles. The number of benzene rings is 7. The van der Waals surface area contributed by atoms with Crippen LogP contribution in [0, 0.1) is 0 Å². The molecule has 0 unspecified atom stereocenters. The van der Waals surface area contributed by atoms with E-state index >= 15 is 0 Å².